The fourth-order valence-corrected chi connectivity index (χ4v) is 4.58. The van der Waals surface area contributed by atoms with Crippen LogP contribution in [-0.2, 0) is 27.5 Å². The fourth-order valence-electron chi connectivity index (χ4n) is 3.70. The minimum Gasteiger partial charge on any atom is -0.467 e. The number of alkyl halides is 6. The number of halogens is 7. The Kier molecular flexibility index (Phi) is 7.09. The highest BCUT2D eigenvalue weighted by Crippen LogP contribution is 2.32. The molecule has 0 spiro atoms. The molecule has 1 aromatic carbocycles. The summed E-state index contributed by atoms with van der Waals surface area (Å²) in [5, 5.41) is 6.80. The van der Waals surface area contributed by atoms with Crippen LogP contribution in [0.15, 0.2) is 47.7 Å². The summed E-state index contributed by atoms with van der Waals surface area (Å²) in [6, 6.07) is 6.57. The van der Waals surface area contributed by atoms with Crippen LogP contribution in [0.25, 0.3) is 5.65 Å². The molecule has 10 nitrogen and oxygen atoms in total. The molecule has 0 radical (unpaired) electrons. The number of anilines is 1. The van der Waals surface area contributed by atoms with Gasteiger partial charge in [0.15, 0.2) is 5.69 Å². The van der Waals surface area contributed by atoms with Crippen molar-refractivity contribution in [3.63, 3.8) is 0 Å². The standard InChI is InChI=1S/C21H17F7N6O4S/c1-38-19-31-33(8-9-34(19)39(36,37)21(26,27)28)14-6-5-12(10-13(14)22)11-29-18(35)16-17(20(23,24)25)30-15-4-2-3-7-32(15)16/h2-7,10H,8-9,11H2,1H3,(H,29,35). The van der Waals surface area contributed by atoms with Crippen LogP contribution in [0.2, 0.25) is 0 Å². The van der Waals surface area contributed by atoms with Crippen molar-refractivity contribution in [3.8, 4) is 0 Å². The van der Waals surface area contributed by atoms with Gasteiger partial charge in [0.2, 0.25) is 0 Å². The number of amidine groups is 1. The summed E-state index contributed by atoms with van der Waals surface area (Å²) in [7, 11) is -4.92. The molecule has 39 heavy (non-hydrogen) atoms. The van der Waals surface area contributed by atoms with Crippen molar-refractivity contribution in [2.75, 3.05) is 25.2 Å². The van der Waals surface area contributed by atoms with Gasteiger partial charge in [-0.05, 0) is 29.8 Å². The molecule has 0 unspecified atom stereocenters. The minimum atomic E-state index is -5.80. The molecule has 3 heterocycles. The summed E-state index contributed by atoms with van der Waals surface area (Å²) in [5.74, 6) is -2.08. The summed E-state index contributed by atoms with van der Waals surface area (Å²) < 4.78 is 123. The van der Waals surface area contributed by atoms with Crippen LogP contribution in [0.5, 0.6) is 0 Å². The average Bonchev–Trinajstić information content (AvgIpc) is 3.27. The summed E-state index contributed by atoms with van der Waals surface area (Å²) in [6.45, 7) is -1.62. The lowest BCUT2D eigenvalue weighted by molar-refractivity contribution is -0.141. The van der Waals surface area contributed by atoms with Crippen LogP contribution >= 0.6 is 0 Å². The SMILES string of the molecule is COC1=NN(c2ccc(CNC(=O)c3c(C(F)(F)F)nc4ccccn34)cc2F)CCN1S(=O)(=O)C(F)(F)F. The zero-order valence-electron chi connectivity index (χ0n) is 19.6. The molecular formula is C21H17F7N6O4S. The number of hydrazone groups is 1. The molecule has 0 bridgehead atoms. The number of sulfonamides is 1. The molecule has 1 N–H and O–H groups in total. The molecule has 0 atom stereocenters. The first-order chi connectivity index (χ1) is 18.1. The lowest BCUT2D eigenvalue weighted by atomic mass is 10.2. The molecule has 18 heteroatoms. The molecule has 2 aromatic heterocycles. The van der Waals surface area contributed by atoms with Crippen LogP contribution in [0.4, 0.5) is 36.4 Å². The van der Waals surface area contributed by atoms with Crippen LogP contribution in [-0.4, -0.2) is 59.7 Å². The predicted molar refractivity (Wildman–Crippen MR) is 121 cm³/mol. The number of ether oxygens (including phenoxy) is 1. The highest BCUT2D eigenvalue weighted by Gasteiger charge is 2.52. The summed E-state index contributed by atoms with van der Waals surface area (Å²) >= 11 is 0. The van der Waals surface area contributed by atoms with Crippen molar-refractivity contribution in [3.05, 3.63) is 65.4 Å². The van der Waals surface area contributed by atoms with E-state index < -0.39 is 70.5 Å². The number of hydrogen-bond donors (Lipinski definition) is 1. The van der Waals surface area contributed by atoms with Gasteiger partial charge in [0.1, 0.15) is 17.2 Å². The number of imidazole rings is 1. The number of aromatic nitrogens is 2. The van der Waals surface area contributed by atoms with E-state index in [4.69, 9.17) is 0 Å². The monoisotopic (exact) mass is 582 g/mol. The highest BCUT2D eigenvalue weighted by molar-refractivity contribution is 7.90. The maximum Gasteiger partial charge on any atom is 0.516 e. The third-order valence-electron chi connectivity index (χ3n) is 5.46. The molecule has 1 aliphatic heterocycles. The number of fused-ring (bicyclic) bond motifs is 1. The summed E-state index contributed by atoms with van der Waals surface area (Å²) in [4.78, 5) is 16.1. The van der Waals surface area contributed by atoms with E-state index in [-0.39, 0.29) is 21.2 Å². The molecule has 3 aromatic rings. The molecule has 1 amide bonds. The van der Waals surface area contributed by atoms with E-state index in [1.807, 2.05) is 0 Å². The second kappa shape index (κ2) is 9.90. The van der Waals surface area contributed by atoms with Crippen LogP contribution in [0.1, 0.15) is 21.7 Å². The minimum absolute atomic E-state index is 0.0966. The first kappa shape index (κ1) is 27.9. The second-order valence-corrected chi connectivity index (χ2v) is 9.79. The number of rotatable bonds is 5. The number of amides is 1. The topological polar surface area (TPSA) is 109 Å². The lowest BCUT2D eigenvalue weighted by Crippen LogP contribution is -2.51. The van der Waals surface area contributed by atoms with E-state index >= 15 is 0 Å². The van der Waals surface area contributed by atoms with Gasteiger partial charge in [0.05, 0.1) is 25.9 Å². The smallest absolute Gasteiger partial charge is 0.467 e. The van der Waals surface area contributed by atoms with Crippen molar-refractivity contribution >= 4 is 33.3 Å². The number of hydrogen-bond acceptors (Lipinski definition) is 7. The van der Waals surface area contributed by atoms with E-state index in [2.05, 4.69) is 20.1 Å². The summed E-state index contributed by atoms with van der Waals surface area (Å²) in [6.07, 6.45) is -3.69. The van der Waals surface area contributed by atoms with Crippen molar-refractivity contribution in [2.45, 2.75) is 18.2 Å². The van der Waals surface area contributed by atoms with Gasteiger partial charge in [-0.3, -0.25) is 14.2 Å². The number of nitrogens with zero attached hydrogens (tertiary/aromatic N) is 5. The number of pyridine rings is 1. The molecule has 4 rings (SSSR count). The molecule has 1 aliphatic rings. The Morgan fingerprint density at radius 3 is 2.44 bits per heavy atom. The van der Waals surface area contributed by atoms with Crippen LogP contribution in [0, 0.1) is 5.82 Å². The zero-order chi connectivity index (χ0) is 28.8. The largest absolute Gasteiger partial charge is 0.516 e. The zero-order valence-corrected chi connectivity index (χ0v) is 20.4. The summed E-state index contributed by atoms with van der Waals surface area (Å²) in [5.41, 5.74) is -8.01. The molecule has 0 saturated heterocycles. The Bertz CT molecular complexity index is 1550. The maximum atomic E-state index is 14.9. The molecule has 0 aliphatic carbocycles. The number of benzene rings is 1. The molecule has 210 valence electrons. The number of nitrogens with one attached hydrogen (secondary N) is 1. The van der Waals surface area contributed by atoms with Gasteiger partial charge in [-0.2, -0.15) is 34.8 Å². The predicted octanol–water partition coefficient (Wildman–Crippen LogP) is 3.31. The van der Waals surface area contributed by atoms with E-state index in [0.717, 1.165) is 28.7 Å². The first-order valence-corrected chi connectivity index (χ1v) is 12.2. The Balaban J connectivity index is 1.53. The third-order valence-corrected chi connectivity index (χ3v) is 6.96. The Hall–Kier alpha value is -4.09. The van der Waals surface area contributed by atoms with Gasteiger partial charge < -0.3 is 10.1 Å². The van der Waals surface area contributed by atoms with E-state index in [9.17, 15) is 43.9 Å². The number of carbonyl (C=O) groups is 1. The van der Waals surface area contributed by atoms with Crippen molar-refractivity contribution in [1.82, 2.24) is 19.0 Å². The normalized spacial score (nSPS) is 14.9. The lowest BCUT2D eigenvalue weighted by Gasteiger charge is -2.32. The van der Waals surface area contributed by atoms with E-state index in [1.165, 1.54) is 30.5 Å². The Morgan fingerprint density at radius 1 is 1.10 bits per heavy atom. The van der Waals surface area contributed by atoms with Crippen molar-refractivity contribution < 1.29 is 48.7 Å². The third kappa shape index (κ3) is 5.27. The average molecular weight is 582 g/mol. The van der Waals surface area contributed by atoms with Crippen LogP contribution < -0.4 is 10.3 Å². The maximum absolute atomic E-state index is 14.9. The first-order valence-electron chi connectivity index (χ1n) is 10.7. The Morgan fingerprint density at radius 2 is 1.82 bits per heavy atom. The van der Waals surface area contributed by atoms with Gasteiger partial charge in [-0.15, -0.1) is 5.10 Å². The van der Waals surface area contributed by atoms with E-state index in [1.54, 1.807) is 0 Å². The highest BCUT2D eigenvalue weighted by atomic mass is 32.2. The van der Waals surface area contributed by atoms with Gasteiger partial charge in [0.25, 0.3) is 5.91 Å². The second-order valence-electron chi connectivity index (χ2n) is 7.94. The van der Waals surface area contributed by atoms with Crippen molar-refractivity contribution in [1.29, 1.82) is 0 Å². The molecule has 0 saturated carbocycles. The quantitative estimate of drug-likeness (QED) is 0.463. The van der Waals surface area contributed by atoms with Gasteiger partial charge in [0, 0.05) is 12.7 Å². The van der Waals surface area contributed by atoms with Gasteiger partial charge in [-0.1, -0.05) is 12.1 Å². The Labute approximate surface area is 215 Å². The van der Waals surface area contributed by atoms with Crippen molar-refractivity contribution in [2.24, 2.45) is 5.10 Å². The molecular weight excluding hydrogens is 565 g/mol. The van der Waals surface area contributed by atoms with Crippen LogP contribution in [0.3, 0.4) is 0 Å². The molecule has 0 fully saturated rings. The fraction of sp³-hybridized carbons (Fsp3) is 0.286. The number of carbonyl (C=O) groups excluding carboxylic acids is 1. The number of methoxy groups -OCH3 is 1. The van der Waals surface area contributed by atoms with E-state index in [0.29, 0.717) is 0 Å². The van der Waals surface area contributed by atoms with Gasteiger partial charge >= 0.3 is 27.7 Å². The van der Waals surface area contributed by atoms with Gasteiger partial charge in [-0.25, -0.2) is 13.7 Å².